The number of aryl methyl sites for hydroxylation is 1. The Morgan fingerprint density at radius 1 is 1.20 bits per heavy atom. The first-order valence-corrected chi connectivity index (χ1v) is 8.71. The molecule has 1 aliphatic heterocycles. The second-order valence-electron chi connectivity index (χ2n) is 6.44. The highest BCUT2D eigenvalue weighted by molar-refractivity contribution is 9.10. The monoisotopic (exact) mass is 336 g/mol. The number of nitrogens with one attached hydrogen (secondary N) is 1. The molecule has 0 bridgehead atoms. The zero-order chi connectivity index (χ0) is 13.9. The SMILES string of the molecule is Cc1ccc(CN(CC2CCNCC2)C2CC2)cc1Br. The van der Waals surface area contributed by atoms with Crippen LogP contribution in [0.5, 0.6) is 0 Å². The van der Waals surface area contributed by atoms with Crippen molar-refractivity contribution in [3.63, 3.8) is 0 Å². The highest BCUT2D eigenvalue weighted by Gasteiger charge is 2.30. The Morgan fingerprint density at radius 2 is 1.95 bits per heavy atom. The topological polar surface area (TPSA) is 15.3 Å². The molecule has 2 nitrogen and oxygen atoms in total. The van der Waals surface area contributed by atoms with E-state index in [-0.39, 0.29) is 0 Å². The molecular weight excluding hydrogens is 312 g/mol. The van der Waals surface area contributed by atoms with E-state index in [9.17, 15) is 0 Å². The largest absolute Gasteiger partial charge is 0.317 e. The molecule has 1 aromatic rings. The Bertz CT molecular complexity index is 450. The molecule has 1 saturated carbocycles. The summed E-state index contributed by atoms with van der Waals surface area (Å²) in [7, 11) is 0. The molecule has 3 rings (SSSR count). The number of hydrogen-bond donors (Lipinski definition) is 1. The Morgan fingerprint density at radius 3 is 2.60 bits per heavy atom. The molecule has 1 heterocycles. The molecule has 1 saturated heterocycles. The summed E-state index contributed by atoms with van der Waals surface area (Å²) in [5, 5.41) is 3.47. The molecule has 1 aliphatic carbocycles. The van der Waals surface area contributed by atoms with E-state index >= 15 is 0 Å². The van der Waals surface area contributed by atoms with Gasteiger partial charge in [-0.1, -0.05) is 28.1 Å². The highest BCUT2D eigenvalue weighted by atomic mass is 79.9. The lowest BCUT2D eigenvalue weighted by atomic mass is 9.97. The summed E-state index contributed by atoms with van der Waals surface area (Å²) in [4.78, 5) is 2.73. The van der Waals surface area contributed by atoms with Crippen molar-refractivity contribution in [3.05, 3.63) is 33.8 Å². The minimum absolute atomic E-state index is 0.852. The van der Waals surface area contributed by atoms with E-state index in [1.165, 1.54) is 60.9 Å². The second kappa shape index (κ2) is 6.59. The maximum Gasteiger partial charge on any atom is 0.0237 e. The Labute approximate surface area is 131 Å². The van der Waals surface area contributed by atoms with Crippen LogP contribution < -0.4 is 5.32 Å². The smallest absolute Gasteiger partial charge is 0.0237 e. The first kappa shape index (κ1) is 14.6. The number of benzene rings is 1. The molecule has 0 amide bonds. The standard InChI is InChI=1S/C17H25BrN2/c1-13-2-3-15(10-17(13)18)12-20(16-4-5-16)11-14-6-8-19-9-7-14/h2-3,10,14,16,19H,4-9,11-12H2,1H3. The summed E-state index contributed by atoms with van der Waals surface area (Å²) < 4.78 is 1.24. The van der Waals surface area contributed by atoms with Crippen molar-refractivity contribution in [1.82, 2.24) is 10.2 Å². The number of nitrogens with zero attached hydrogens (tertiary/aromatic N) is 1. The van der Waals surface area contributed by atoms with Crippen LogP contribution in [0.3, 0.4) is 0 Å². The Kier molecular flexibility index (Phi) is 4.79. The Hall–Kier alpha value is -0.380. The minimum Gasteiger partial charge on any atom is -0.317 e. The van der Waals surface area contributed by atoms with Crippen molar-refractivity contribution < 1.29 is 0 Å². The summed E-state index contributed by atoms with van der Waals surface area (Å²) >= 11 is 3.66. The van der Waals surface area contributed by atoms with Gasteiger partial charge in [0.05, 0.1) is 0 Å². The average molecular weight is 337 g/mol. The molecule has 1 aromatic carbocycles. The zero-order valence-electron chi connectivity index (χ0n) is 12.4. The zero-order valence-corrected chi connectivity index (χ0v) is 14.0. The van der Waals surface area contributed by atoms with E-state index in [0.717, 1.165) is 18.5 Å². The third kappa shape index (κ3) is 3.84. The van der Waals surface area contributed by atoms with Crippen LogP contribution in [0.25, 0.3) is 0 Å². The third-order valence-corrected chi connectivity index (χ3v) is 5.49. The number of halogens is 1. The van der Waals surface area contributed by atoms with Crippen molar-refractivity contribution in [3.8, 4) is 0 Å². The lowest BCUT2D eigenvalue weighted by molar-refractivity contribution is 0.190. The van der Waals surface area contributed by atoms with Gasteiger partial charge in [0, 0.05) is 23.6 Å². The van der Waals surface area contributed by atoms with Crippen LogP contribution in [0.15, 0.2) is 22.7 Å². The highest BCUT2D eigenvalue weighted by Crippen LogP contribution is 2.31. The first-order chi connectivity index (χ1) is 9.72. The second-order valence-corrected chi connectivity index (χ2v) is 7.29. The van der Waals surface area contributed by atoms with Gasteiger partial charge in [-0.3, -0.25) is 4.90 Å². The van der Waals surface area contributed by atoms with E-state index < -0.39 is 0 Å². The number of piperidine rings is 1. The minimum atomic E-state index is 0.852. The molecular formula is C17H25BrN2. The van der Waals surface area contributed by atoms with Crippen LogP contribution in [0.2, 0.25) is 0 Å². The van der Waals surface area contributed by atoms with Crippen molar-refractivity contribution in [2.75, 3.05) is 19.6 Å². The summed E-state index contributed by atoms with van der Waals surface area (Å²) in [5.41, 5.74) is 2.77. The van der Waals surface area contributed by atoms with Crippen LogP contribution in [0.1, 0.15) is 36.8 Å². The summed E-state index contributed by atoms with van der Waals surface area (Å²) in [6.07, 6.45) is 5.50. The fourth-order valence-electron chi connectivity index (χ4n) is 3.15. The normalized spacial score (nSPS) is 20.6. The summed E-state index contributed by atoms with van der Waals surface area (Å²) in [6, 6.07) is 7.67. The fraction of sp³-hybridized carbons (Fsp3) is 0.647. The quantitative estimate of drug-likeness (QED) is 0.881. The lowest BCUT2D eigenvalue weighted by Crippen LogP contribution is -2.37. The summed E-state index contributed by atoms with van der Waals surface area (Å²) in [6.45, 7) is 6.98. The molecule has 2 aliphatic rings. The third-order valence-electron chi connectivity index (χ3n) is 4.64. The molecule has 0 spiro atoms. The Balaban J connectivity index is 1.62. The van der Waals surface area contributed by atoms with Gasteiger partial charge < -0.3 is 5.32 Å². The molecule has 0 radical (unpaired) electrons. The molecule has 1 N–H and O–H groups in total. The molecule has 0 unspecified atom stereocenters. The van der Waals surface area contributed by atoms with Crippen LogP contribution in [0, 0.1) is 12.8 Å². The fourth-order valence-corrected chi connectivity index (χ4v) is 3.57. The number of rotatable bonds is 5. The predicted octanol–water partition coefficient (Wildman–Crippen LogP) is 3.72. The molecule has 0 aromatic heterocycles. The summed E-state index contributed by atoms with van der Waals surface area (Å²) in [5.74, 6) is 0.894. The predicted molar refractivity (Wildman–Crippen MR) is 87.9 cm³/mol. The maximum absolute atomic E-state index is 3.66. The van der Waals surface area contributed by atoms with Crippen molar-refractivity contribution in [1.29, 1.82) is 0 Å². The van der Waals surface area contributed by atoms with Gasteiger partial charge in [-0.15, -0.1) is 0 Å². The maximum atomic E-state index is 3.66. The molecule has 110 valence electrons. The van der Waals surface area contributed by atoms with Crippen molar-refractivity contribution >= 4 is 15.9 Å². The van der Waals surface area contributed by atoms with Gasteiger partial charge >= 0.3 is 0 Å². The van der Waals surface area contributed by atoms with E-state index in [0.29, 0.717) is 0 Å². The van der Waals surface area contributed by atoms with Crippen molar-refractivity contribution in [2.24, 2.45) is 5.92 Å². The van der Waals surface area contributed by atoms with Crippen LogP contribution in [-0.4, -0.2) is 30.6 Å². The van der Waals surface area contributed by atoms with Gasteiger partial charge in [0.1, 0.15) is 0 Å². The van der Waals surface area contributed by atoms with Crippen LogP contribution >= 0.6 is 15.9 Å². The molecule has 2 fully saturated rings. The van der Waals surface area contributed by atoms with E-state index in [2.05, 4.69) is 51.3 Å². The van der Waals surface area contributed by atoms with Gasteiger partial charge in [0.2, 0.25) is 0 Å². The average Bonchev–Trinajstić information content (AvgIpc) is 3.28. The molecule has 3 heteroatoms. The van der Waals surface area contributed by atoms with Crippen LogP contribution in [0.4, 0.5) is 0 Å². The number of hydrogen-bond acceptors (Lipinski definition) is 2. The van der Waals surface area contributed by atoms with Gasteiger partial charge in [-0.05, 0) is 68.8 Å². The molecule has 20 heavy (non-hydrogen) atoms. The van der Waals surface area contributed by atoms with Crippen LogP contribution in [-0.2, 0) is 6.54 Å². The van der Waals surface area contributed by atoms with Gasteiger partial charge in [0.25, 0.3) is 0 Å². The molecule has 0 atom stereocenters. The lowest BCUT2D eigenvalue weighted by Gasteiger charge is -2.30. The van der Waals surface area contributed by atoms with E-state index in [1.807, 2.05) is 0 Å². The first-order valence-electron chi connectivity index (χ1n) is 7.92. The van der Waals surface area contributed by atoms with Gasteiger partial charge in [-0.2, -0.15) is 0 Å². The van der Waals surface area contributed by atoms with Gasteiger partial charge in [0.15, 0.2) is 0 Å². The van der Waals surface area contributed by atoms with Crippen molar-refractivity contribution in [2.45, 2.75) is 45.2 Å². The van der Waals surface area contributed by atoms with Gasteiger partial charge in [-0.25, -0.2) is 0 Å². The van der Waals surface area contributed by atoms with E-state index in [4.69, 9.17) is 0 Å². The van der Waals surface area contributed by atoms with E-state index in [1.54, 1.807) is 0 Å².